The Balaban J connectivity index is 2.15. The number of benzene rings is 1. The summed E-state index contributed by atoms with van der Waals surface area (Å²) in [5.41, 5.74) is 3.20. The van der Waals surface area contributed by atoms with Crippen LogP contribution in [0.1, 0.15) is 44.7 Å². The zero-order valence-corrected chi connectivity index (χ0v) is 10.0. The Morgan fingerprint density at radius 3 is 2.20 bits per heavy atom. The highest BCUT2D eigenvalue weighted by molar-refractivity contribution is 5.33. The second-order valence-corrected chi connectivity index (χ2v) is 4.93. The Hall–Kier alpha value is -0.820. The highest BCUT2D eigenvalue weighted by Gasteiger charge is 2.44. The highest BCUT2D eigenvalue weighted by atomic mass is 15.0. The van der Waals surface area contributed by atoms with Crippen molar-refractivity contribution in [1.82, 2.24) is 5.32 Å². The lowest BCUT2D eigenvalue weighted by atomic mass is 10.0. The molecular formula is C14H21N. The summed E-state index contributed by atoms with van der Waals surface area (Å²) in [5.74, 6) is 0. The van der Waals surface area contributed by atoms with Gasteiger partial charge in [-0.3, -0.25) is 0 Å². The van der Waals surface area contributed by atoms with E-state index < -0.39 is 0 Å². The van der Waals surface area contributed by atoms with Gasteiger partial charge in [-0.15, -0.1) is 0 Å². The molecule has 2 rings (SSSR count). The van der Waals surface area contributed by atoms with Crippen molar-refractivity contribution in [2.24, 2.45) is 0 Å². The van der Waals surface area contributed by atoms with Gasteiger partial charge in [0.25, 0.3) is 0 Å². The van der Waals surface area contributed by atoms with Crippen molar-refractivity contribution in [2.75, 3.05) is 0 Å². The lowest BCUT2D eigenvalue weighted by Gasteiger charge is -2.21. The van der Waals surface area contributed by atoms with E-state index in [0.717, 1.165) is 6.42 Å². The van der Waals surface area contributed by atoms with Crippen LogP contribution in [0, 0.1) is 0 Å². The summed E-state index contributed by atoms with van der Waals surface area (Å²) in [4.78, 5) is 0. The van der Waals surface area contributed by atoms with Gasteiger partial charge in [0.15, 0.2) is 0 Å². The summed E-state index contributed by atoms with van der Waals surface area (Å²) in [6, 6.07) is 9.68. The number of hydrogen-bond donors (Lipinski definition) is 1. The molecule has 0 heterocycles. The standard InChI is InChI=1S/C14H21N/c1-4-12-5-7-13(8-6-12)14(9-10-14)15-11(2)3/h5-8,11,15H,4,9-10H2,1-3H3. The second kappa shape index (κ2) is 3.97. The largest absolute Gasteiger partial charge is 0.305 e. The van der Waals surface area contributed by atoms with Crippen LogP contribution in [0.2, 0.25) is 0 Å². The van der Waals surface area contributed by atoms with E-state index in [9.17, 15) is 0 Å². The van der Waals surface area contributed by atoms with E-state index in [1.807, 2.05) is 0 Å². The maximum Gasteiger partial charge on any atom is 0.0438 e. The van der Waals surface area contributed by atoms with Crippen LogP contribution in [0.25, 0.3) is 0 Å². The summed E-state index contributed by atoms with van der Waals surface area (Å²) in [5, 5.41) is 3.68. The van der Waals surface area contributed by atoms with E-state index >= 15 is 0 Å². The maximum absolute atomic E-state index is 3.68. The van der Waals surface area contributed by atoms with Crippen molar-refractivity contribution in [3.05, 3.63) is 35.4 Å². The molecule has 0 bridgehead atoms. The van der Waals surface area contributed by atoms with Gasteiger partial charge in [-0.1, -0.05) is 45.0 Å². The fraction of sp³-hybridized carbons (Fsp3) is 0.571. The minimum absolute atomic E-state index is 0.306. The van der Waals surface area contributed by atoms with Gasteiger partial charge in [-0.2, -0.15) is 0 Å². The highest BCUT2D eigenvalue weighted by Crippen LogP contribution is 2.45. The molecular weight excluding hydrogens is 182 g/mol. The summed E-state index contributed by atoms with van der Waals surface area (Å²) in [7, 11) is 0. The number of aryl methyl sites for hydroxylation is 1. The summed E-state index contributed by atoms with van der Waals surface area (Å²) < 4.78 is 0. The van der Waals surface area contributed by atoms with E-state index in [1.54, 1.807) is 0 Å². The third-order valence-electron chi connectivity index (χ3n) is 3.23. The number of rotatable bonds is 4. The lowest BCUT2D eigenvalue weighted by Crippen LogP contribution is -2.34. The van der Waals surface area contributed by atoms with Crippen molar-refractivity contribution < 1.29 is 0 Å². The van der Waals surface area contributed by atoms with Crippen LogP contribution in [0.3, 0.4) is 0 Å². The quantitative estimate of drug-likeness (QED) is 0.792. The van der Waals surface area contributed by atoms with Gasteiger partial charge in [-0.05, 0) is 30.4 Å². The van der Waals surface area contributed by atoms with Gasteiger partial charge in [0.05, 0.1) is 0 Å². The van der Waals surface area contributed by atoms with Gasteiger partial charge in [0, 0.05) is 11.6 Å². The smallest absolute Gasteiger partial charge is 0.0438 e. The molecule has 1 saturated carbocycles. The van der Waals surface area contributed by atoms with Crippen LogP contribution >= 0.6 is 0 Å². The van der Waals surface area contributed by atoms with Crippen LogP contribution in [0.5, 0.6) is 0 Å². The Bertz CT molecular complexity index is 320. The van der Waals surface area contributed by atoms with Crippen LogP contribution < -0.4 is 5.32 Å². The molecule has 1 aliphatic rings. The monoisotopic (exact) mass is 203 g/mol. The molecule has 0 atom stereocenters. The Morgan fingerprint density at radius 2 is 1.80 bits per heavy atom. The molecule has 15 heavy (non-hydrogen) atoms. The fourth-order valence-corrected chi connectivity index (χ4v) is 2.25. The molecule has 1 N–H and O–H groups in total. The van der Waals surface area contributed by atoms with Gasteiger partial charge < -0.3 is 5.32 Å². The molecule has 1 heteroatoms. The van der Waals surface area contributed by atoms with Gasteiger partial charge in [0.1, 0.15) is 0 Å². The van der Waals surface area contributed by atoms with Crippen molar-refractivity contribution in [1.29, 1.82) is 0 Å². The fourth-order valence-electron chi connectivity index (χ4n) is 2.25. The molecule has 0 unspecified atom stereocenters. The van der Waals surface area contributed by atoms with Crippen molar-refractivity contribution in [3.8, 4) is 0 Å². The third-order valence-corrected chi connectivity index (χ3v) is 3.23. The van der Waals surface area contributed by atoms with Gasteiger partial charge >= 0.3 is 0 Å². The van der Waals surface area contributed by atoms with Gasteiger partial charge in [-0.25, -0.2) is 0 Å². The first kappa shape index (κ1) is 10.7. The number of nitrogens with one attached hydrogen (secondary N) is 1. The van der Waals surface area contributed by atoms with E-state index in [0.29, 0.717) is 11.6 Å². The summed E-state index contributed by atoms with van der Waals surface area (Å²) >= 11 is 0. The first-order chi connectivity index (χ1) is 7.16. The molecule has 82 valence electrons. The molecule has 0 radical (unpaired) electrons. The van der Waals surface area contributed by atoms with Crippen molar-refractivity contribution >= 4 is 0 Å². The molecule has 1 aliphatic carbocycles. The lowest BCUT2D eigenvalue weighted by molar-refractivity contribution is 0.461. The predicted molar refractivity (Wildman–Crippen MR) is 65.0 cm³/mol. The molecule has 0 saturated heterocycles. The Labute approximate surface area is 92.9 Å². The van der Waals surface area contributed by atoms with E-state index in [4.69, 9.17) is 0 Å². The minimum Gasteiger partial charge on any atom is -0.305 e. The SMILES string of the molecule is CCc1ccc(C2(NC(C)C)CC2)cc1. The topological polar surface area (TPSA) is 12.0 Å². The first-order valence-corrected chi connectivity index (χ1v) is 6.03. The molecule has 0 aromatic heterocycles. The normalized spacial score (nSPS) is 18.1. The number of hydrogen-bond acceptors (Lipinski definition) is 1. The molecule has 0 aliphatic heterocycles. The van der Waals surface area contributed by atoms with Crippen molar-refractivity contribution in [3.63, 3.8) is 0 Å². The zero-order chi connectivity index (χ0) is 10.9. The van der Waals surface area contributed by atoms with Crippen LogP contribution in [0.15, 0.2) is 24.3 Å². The summed E-state index contributed by atoms with van der Waals surface area (Å²) in [6.45, 7) is 6.65. The first-order valence-electron chi connectivity index (χ1n) is 6.03. The second-order valence-electron chi connectivity index (χ2n) is 4.93. The van der Waals surface area contributed by atoms with E-state index in [-0.39, 0.29) is 0 Å². The van der Waals surface area contributed by atoms with E-state index in [2.05, 4.69) is 50.4 Å². The van der Waals surface area contributed by atoms with Crippen LogP contribution in [0.4, 0.5) is 0 Å². The van der Waals surface area contributed by atoms with Gasteiger partial charge in [0.2, 0.25) is 0 Å². The molecule has 1 nitrogen and oxygen atoms in total. The van der Waals surface area contributed by atoms with Crippen LogP contribution in [-0.4, -0.2) is 6.04 Å². The maximum atomic E-state index is 3.68. The Kier molecular flexibility index (Phi) is 2.83. The average molecular weight is 203 g/mol. The third kappa shape index (κ3) is 2.23. The predicted octanol–water partition coefficient (Wildman–Crippen LogP) is 3.24. The summed E-state index contributed by atoms with van der Waals surface area (Å²) in [6.07, 6.45) is 3.71. The molecule has 1 aromatic carbocycles. The minimum atomic E-state index is 0.306. The average Bonchev–Trinajstić information content (AvgIpc) is 2.98. The molecule has 1 aromatic rings. The zero-order valence-electron chi connectivity index (χ0n) is 10.0. The molecule has 0 amide bonds. The molecule has 0 spiro atoms. The molecule has 1 fully saturated rings. The van der Waals surface area contributed by atoms with Crippen molar-refractivity contribution in [2.45, 2.75) is 51.6 Å². The van der Waals surface area contributed by atoms with E-state index in [1.165, 1.54) is 24.0 Å². The van der Waals surface area contributed by atoms with Crippen LogP contribution in [-0.2, 0) is 12.0 Å². The Morgan fingerprint density at radius 1 is 1.20 bits per heavy atom.